The number of hydrogen-bond donors (Lipinski definition) is 0. The Hall–Kier alpha value is -2.73. The largest absolute Gasteiger partial charge is 0.341 e. The molecule has 0 fully saturated rings. The lowest BCUT2D eigenvalue weighted by Crippen LogP contribution is -2.28. The second-order valence-electron chi connectivity index (χ2n) is 6.22. The molecule has 0 saturated carbocycles. The van der Waals surface area contributed by atoms with Crippen molar-refractivity contribution in [2.45, 2.75) is 25.4 Å². The van der Waals surface area contributed by atoms with Gasteiger partial charge in [-0.05, 0) is 33.7 Å². The number of aromatic nitrogens is 4. The third-order valence-corrected chi connectivity index (χ3v) is 4.50. The highest BCUT2D eigenvalue weighted by Crippen LogP contribution is 2.24. The average molecular weight is 370 g/mol. The lowest BCUT2D eigenvalue weighted by Gasteiger charge is -2.22. The molecule has 0 aliphatic carbocycles. The molecule has 0 bridgehead atoms. The van der Waals surface area contributed by atoms with Crippen molar-refractivity contribution in [1.29, 1.82) is 0 Å². The lowest BCUT2D eigenvalue weighted by atomic mass is 9.95. The molecule has 2 aromatic carbocycles. The third kappa shape index (κ3) is 4.89. The van der Waals surface area contributed by atoms with E-state index in [1.807, 2.05) is 61.6 Å². The van der Waals surface area contributed by atoms with Crippen LogP contribution in [0, 0.1) is 0 Å². The minimum atomic E-state index is -0.0403. The van der Waals surface area contributed by atoms with Crippen molar-refractivity contribution in [2.75, 3.05) is 7.05 Å². The van der Waals surface area contributed by atoms with E-state index in [1.54, 1.807) is 15.9 Å². The van der Waals surface area contributed by atoms with E-state index < -0.39 is 0 Å². The first-order chi connectivity index (χ1) is 12.6. The number of amides is 1. The Morgan fingerprint density at radius 1 is 1.15 bits per heavy atom. The summed E-state index contributed by atoms with van der Waals surface area (Å²) in [5.41, 5.74) is 2.14. The van der Waals surface area contributed by atoms with Gasteiger partial charge in [0.25, 0.3) is 0 Å². The molecule has 0 unspecified atom stereocenters. The Bertz CT molecular complexity index is 821. The highest BCUT2D eigenvalue weighted by molar-refractivity contribution is 6.30. The summed E-state index contributed by atoms with van der Waals surface area (Å²) in [6.45, 7) is 1.11. The van der Waals surface area contributed by atoms with Gasteiger partial charge < -0.3 is 4.90 Å². The maximum absolute atomic E-state index is 12.8. The van der Waals surface area contributed by atoms with Crippen LogP contribution in [0.2, 0.25) is 5.02 Å². The Balaban J connectivity index is 1.71. The normalized spacial score (nSPS) is 11.9. The van der Waals surface area contributed by atoms with Gasteiger partial charge in [0.15, 0.2) is 0 Å². The zero-order valence-corrected chi connectivity index (χ0v) is 15.3. The molecule has 6 nitrogen and oxygen atoms in total. The van der Waals surface area contributed by atoms with E-state index in [1.165, 1.54) is 0 Å². The summed E-state index contributed by atoms with van der Waals surface area (Å²) in [7, 11) is 1.82. The lowest BCUT2D eigenvalue weighted by molar-refractivity contribution is -0.130. The van der Waals surface area contributed by atoms with Crippen LogP contribution in [0.25, 0.3) is 0 Å². The monoisotopic (exact) mass is 369 g/mol. The minimum absolute atomic E-state index is 0.0403. The molecule has 1 aromatic heterocycles. The van der Waals surface area contributed by atoms with Crippen molar-refractivity contribution in [2.24, 2.45) is 0 Å². The molecule has 1 atom stereocenters. The summed E-state index contributed by atoms with van der Waals surface area (Å²) >= 11 is 5.99. The van der Waals surface area contributed by atoms with Crippen LogP contribution in [0.3, 0.4) is 0 Å². The number of carbonyl (C=O) groups excluding carboxylic acids is 1. The molecule has 134 valence electrons. The van der Waals surface area contributed by atoms with Crippen LogP contribution >= 0.6 is 11.6 Å². The first-order valence-electron chi connectivity index (χ1n) is 8.36. The molecule has 1 amide bonds. The predicted octanol–water partition coefficient (Wildman–Crippen LogP) is 3.16. The van der Waals surface area contributed by atoms with Crippen molar-refractivity contribution < 1.29 is 4.79 Å². The molecule has 0 radical (unpaired) electrons. The molecule has 0 saturated heterocycles. The van der Waals surface area contributed by atoms with Crippen molar-refractivity contribution in [3.8, 4) is 0 Å². The van der Waals surface area contributed by atoms with E-state index in [0.29, 0.717) is 24.5 Å². The number of carbonyl (C=O) groups is 1. The Labute approximate surface area is 157 Å². The van der Waals surface area contributed by atoms with Gasteiger partial charge in [0, 0.05) is 31.0 Å². The van der Waals surface area contributed by atoms with Crippen LogP contribution in [-0.2, 0) is 17.9 Å². The van der Waals surface area contributed by atoms with Gasteiger partial charge in [-0.15, -0.1) is 5.10 Å². The quantitative estimate of drug-likeness (QED) is 0.641. The number of hydrogen-bond acceptors (Lipinski definition) is 4. The van der Waals surface area contributed by atoms with E-state index in [9.17, 15) is 4.79 Å². The molecule has 0 aliphatic heterocycles. The Morgan fingerprint density at radius 2 is 1.88 bits per heavy atom. The SMILES string of the molecule is CN(Cc1ccccc1)C(=O)C[C@H](Cn1cnnn1)c1ccc(Cl)cc1. The molecule has 3 rings (SSSR count). The van der Waals surface area contributed by atoms with Gasteiger partial charge in [-0.2, -0.15) is 0 Å². The van der Waals surface area contributed by atoms with Crippen molar-refractivity contribution in [1.82, 2.24) is 25.1 Å². The molecule has 1 heterocycles. The molecule has 0 spiro atoms. The predicted molar refractivity (Wildman–Crippen MR) is 99.5 cm³/mol. The molecule has 26 heavy (non-hydrogen) atoms. The maximum Gasteiger partial charge on any atom is 0.223 e. The van der Waals surface area contributed by atoms with Gasteiger partial charge in [-0.25, -0.2) is 4.68 Å². The van der Waals surface area contributed by atoms with E-state index in [0.717, 1.165) is 11.1 Å². The average Bonchev–Trinajstić information content (AvgIpc) is 3.16. The fourth-order valence-electron chi connectivity index (χ4n) is 2.82. The third-order valence-electron chi connectivity index (χ3n) is 4.25. The Morgan fingerprint density at radius 3 is 2.54 bits per heavy atom. The number of benzene rings is 2. The molecular formula is C19H20ClN5O. The summed E-state index contributed by atoms with van der Waals surface area (Å²) in [4.78, 5) is 14.5. The van der Waals surface area contributed by atoms with Gasteiger partial charge in [0.05, 0.1) is 6.54 Å². The number of rotatable bonds is 7. The van der Waals surface area contributed by atoms with Crippen molar-refractivity contribution >= 4 is 17.5 Å². The first kappa shape index (κ1) is 18.1. The molecule has 3 aromatic rings. The fraction of sp³-hybridized carbons (Fsp3) is 0.263. The molecule has 7 heteroatoms. The number of nitrogens with zero attached hydrogens (tertiary/aromatic N) is 5. The number of halogens is 1. The van der Waals surface area contributed by atoms with Crippen LogP contribution in [0.5, 0.6) is 0 Å². The maximum atomic E-state index is 12.8. The first-order valence-corrected chi connectivity index (χ1v) is 8.74. The minimum Gasteiger partial charge on any atom is -0.341 e. The smallest absolute Gasteiger partial charge is 0.223 e. The van der Waals surface area contributed by atoms with Crippen LogP contribution in [0.1, 0.15) is 23.5 Å². The van der Waals surface area contributed by atoms with Crippen LogP contribution in [0.4, 0.5) is 0 Å². The van der Waals surface area contributed by atoms with E-state index in [-0.39, 0.29) is 11.8 Å². The fourth-order valence-corrected chi connectivity index (χ4v) is 2.95. The van der Waals surface area contributed by atoms with Crippen molar-refractivity contribution in [3.63, 3.8) is 0 Å². The highest BCUT2D eigenvalue weighted by atomic mass is 35.5. The topological polar surface area (TPSA) is 63.9 Å². The summed E-state index contributed by atoms with van der Waals surface area (Å²) in [6, 6.07) is 17.5. The number of tetrazole rings is 1. The van der Waals surface area contributed by atoms with Gasteiger partial charge in [0.1, 0.15) is 6.33 Å². The zero-order chi connectivity index (χ0) is 18.4. The van der Waals surface area contributed by atoms with Gasteiger partial charge in [-0.1, -0.05) is 54.1 Å². The molecular weight excluding hydrogens is 350 g/mol. The van der Waals surface area contributed by atoms with Crippen LogP contribution in [-0.4, -0.2) is 38.1 Å². The molecule has 0 aliphatic rings. The van der Waals surface area contributed by atoms with E-state index in [4.69, 9.17) is 11.6 Å². The van der Waals surface area contributed by atoms with E-state index in [2.05, 4.69) is 15.5 Å². The Kier molecular flexibility index (Phi) is 5.96. The second-order valence-corrected chi connectivity index (χ2v) is 6.66. The van der Waals surface area contributed by atoms with Gasteiger partial charge >= 0.3 is 0 Å². The second kappa shape index (κ2) is 8.58. The van der Waals surface area contributed by atoms with Gasteiger partial charge in [0.2, 0.25) is 5.91 Å². The summed E-state index contributed by atoms with van der Waals surface area (Å²) in [5, 5.41) is 11.9. The molecule has 0 N–H and O–H groups in total. The van der Waals surface area contributed by atoms with Crippen molar-refractivity contribution in [3.05, 3.63) is 77.1 Å². The van der Waals surface area contributed by atoms with Crippen LogP contribution in [0.15, 0.2) is 60.9 Å². The standard InChI is InChI=1S/C19H20ClN5O/c1-24(12-15-5-3-2-4-6-15)19(26)11-17(13-25-14-21-22-23-25)16-7-9-18(20)10-8-16/h2-10,14,17H,11-13H2,1H3/t17-/m1/s1. The summed E-state index contributed by atoms with van der Waals surface area (Å²) in [5.74, 6) is 0.0309. The summed E-state index contributed by atoms with van der Waals surface area (Å²) < 4.78 is 1.64. The van der Waals surface area contributed by atoms with E-state index >= 15 is 0 Å². The van der Waals surface area contributed by atoms with Gasteiger partial charge in [-0.3, -0.25) is 4.79 Å². The van der Waals surface area contributed by atoms with Crippen LogP contribution < -0.4 is 0 Å². The zero-order valence-electron chi connectivity index (χ0n) is 14.5. The highest BCUT2D eigenvalue weighted by Gasteiger charge is 2.20. The summed E-state index contributed by atoms with van der Waals surface area (Å²) in [6.07, 6.45) is 1.92.